The number of aromatic amines is 1. The standard InChI is InChI=1S/C16H19N3/c1-16(2,3)13-8-6-12(7-9-13)14-11-18-15(19-14)5-4-10-17/h6-9,11H,4-5H2,1-3H3,(H,18,19). The Bertz CT molecular complexity index is 580. The van der Waals surface area contributed by atoms with Gasteiger partial charge in [0.15, 0.2) is 0 Å². The van der Waals surface area contributed by atoms with Crippen molar-refractivity contribution in [2.24, 2.45) is 0 Å². The summed E-state index contributed by atoms with van der Waals surface area (Å²) < 4.78 is 0. The summed E-state index contributed by atoms with van der Waals surface area (Å²) in [6, 6.07) is 10.7. The topological polar surface area (TPSA) is 52.5 Å². The number of hydrogen-bond donors (Lipinski definition) is 1. The number of aromatic nitrogens is 2. The van der Waals surface area contributed by atoms with E-state index in [9.17, 15) is 0 Å². The van der Waals surface area contributed by atoms with Crippen LogP contribution in [-0.2, 0) is 11.8 Å². The molecule has 0 aliphatic rings. The molecule has 0 radical (unpaired) electrons. The Kier molecular flexibility index (Phi) is 3.71. The van der Waals surface area contributed by atoms with E-state index in [-0.39, 0.29) is 5.41 Å². The maximum Gasteiger partial charge on any atom is 0.107 e. The van der Waals surface area contributed by atoms with Gasteiger partial charge in [-0.2, -0.15) is 5.26 Å². The van der Waals surface area contributed by atoms with Crippen molar-refractivity contribution in [2.75, 3.05) is 0 Å². The van der Waals surface area contributed by atoms with Crippen LogP contribution in [0.1, 0.15) is 38.6 Å². The van der Waals surface area contributed by atoms with E-state index in [1.807, 2.05) is 6.20 Å². The fourth-order valence-corrected chi connectivity index (χ4v) is 1.96. The predicted molar refractivity (Wildman–Crippen MR) is 76.7 cm³/mol. The molecule has 0 atom stereocenters. The molecule has 3 heteroatoms. The number of nitrogens with one attached hydrogen (secondary N) is 1. The van der Waals surface area contributed by atoms with E-state index in [4.69, 9.17) is 5.26 Å². The van der Waals surface area contributed by atoms with Crippen LogP contribution in [0, 0.1) is 11.3 Å². The lowest BCUT2D eigenvalue weighted by Crippen LogP contribution is -2.10. The van der Waals surface area contributed by atoms with Crippen molar-refractivity contribution >= 4 is 0 Å². The number of rotatable bonds is 3. The third-order valence-corrected chi connectivity index (χ3v) is 3.16. The Hall–Kier alpha value is -2.08. The zero-order valence-corrected chi connectivity index (χ0v) is 11.7. The quantitative estimate of drug-likeness (QED) is 0.903. The first-order valence-electron chi connectivity index (χ1n) is 6.52. The van der Waals surface area contributed by atoms with E-state index in [0.29, 0.717) is 12.8 Å². The Labute approximate surface area is 114 Å². The Morgan fingerprint density at radius 2 is 1.89 bits per heavy atom. The molecule has 1 N–H and O–H groups in total. The molecule has 0 aliphatic carbocycles. The van der Waals surface area contributed by atoms with E-state index in [0.717, 1.165) is 17.1 Å². The number of benzene rings is 1. The second kappa shape index (κ2) is 5.27. The highest BCUT2D eigenvalue weighted by molar-refractivity contribution is 5.59. The molecule has 0 fully saturated rings. The maximum absolute atomic E-state index is 8.57. The average Bonchev–Trinajstić information content (AvgIpc) is 2.84. The molecule has 3 nitrogen and oxygen atoms in total. The van der Waals surface area contributed by atoms with Crippen LogP contribution in [0.5, 0.6) is 0 Å². The lowest BCUT2D eigenvalue weighted by atomic mass is 9.86. The normalized spacial score (nSPS) is 11.3. The maximum atomic E-state index is 8.57. The van der Waals surface area contributed by atoms with Crippen LogP contribution >= 0.6 is 0 Å². The number of hydrogen-bond acceptors (Lipinski definition) is 2. The number of imidazole rings is 1. The molecular weight excluding hydrogens is 234 g/mol. The van der Waals surface area contributed by atoms with Crippen LogP contribution in [0.2, 0.25) is 0 Å². The molecule has 0 saturated carbocycles. The van der Waals surface area contributed by atoms with Gasteiger partial charge in [-0.1, -0.05) is 45.0 Å². The average molecular weight is 253 g/mol. The zero-order valence-electron chi connectivity index (χ0n) is 11.7. The second-order valence-corrected chi connectivity index (χ2v) is 5.73. The minimum absolute atomic E-state index is 0.171. The van der Waals surface area contributed by atoms with Gasteiger partial charge in [0.05, 0.1) is 18.0 Å². The molecule has 0 bridgehead atoms. The smallest absolute Gasteiger partial charge is 0.107 e. The molecule has 0 amide bonds. The van der Waals surface area contributed by atoms with Crippen molar-refractivity contribution < 1.29 is 0 Å². The predicted octanol–water partition coefficient (Wildman–Crippen LogP) is 3.83. The third-order valence-electron chi connectivity index (χ3n) is 3.16. The van der Waals surface area contributed by atoms with Gasteiger partial charge in [0.1, 0.15) is 5.82 Å². The van der Waals surface area contributed by atoms with Crippen LogP contribution in [0.3, 0.4) is 0 Å². The number of nitriles is 1. The highest BCUT2D eigenvalue weighted by Crippen LogP contribution is 2.25. The minimum Gasteiger partial charge on any atom is -0.342 e. The van der Waals surface area contributed by atoms with Crippen molar-refractivity contribution in [1.29, 1.82) is 5.26 Å². The van der Waals surface area contributed by atoms with Crippen LogP contribution < -0.4 is 0 Å². The molecule has 0 spiro atoms. The molecular formula is C16H19N3. The van der Waals surface area contributed by atoms with Crippen LogP contribution in [-0.4, -0.2) is 9.97 Å². The fourth-order valence-electron chi connectivity index (χ4n) is 1.96. The fraction of sp³-hybridized carbons (Fsp3) is 0.375. The first kappa shape index (κ1) is 13.4. The van der Waals surface area contributed by atoms with Crippen molar-refractivity contribution in [1.82, 2.24) is 9.97 Å². The second-order valence-electron chi connectivity index (χ2n) is 5.73. The van der Waals surface area contributed by atoms with E-state index >= 15 is 0 Å². The molecule has 0 aliphatic heterocycles. The summed E-state index contributed by atoms with van der Waals surface area (Å²) in [5, 5.41) is 8.57. The number of nitrogens with zero attached hydrogens (tertiary/aromatic N) is 2. The van der Waals surface area contributed by atoms with Gasteiger partial charge in [0, 0.05) is 12.8 Å². The molecule has 0 saturated heterocycles. The number of aryl methyl sites for hydroxylation is 1. The molecule has 2 rings (SSSR count). The van der Waals surface area contributed by atoms with Crippen molar-refractivity contribution in [3.63, 3.8) is 0 Å². The van der Waals surface area contributed by atoms with Crippen molar-refractivity contribution in [3.05, 3.63) is 41.9 Å². The van der Waals surface area contributed by atoms with Crippen LogP contribution in [0.25, 0.3) is 11.3 Å². The Morgan fingerprint density at radius 3 is 2.47 bits per heavy atom. The molecule has 1 aromatic heterocycles. The van der Waals surface area contributed by atoms with Gasteiger partial charge < -0.3 is 4.98 Å². The summed E-state index contributed by atoms with van der Waals surface area (Å²) in [6.07, 6.45) is 3.01. The van der Waals surface area contributed by atoms with Crippen LogP contribution in [0.15, 0.2) is 30.5 Å². The van der Waals surface area contributed by atoms with Gasteiger partial charge in [-0.15, -0.1) is 0 Å². The largest absolute Gasteiger partial charge is 0.342 e. The molecule has 0 unspecified atom stereocenters. The summed E-state index contributed by atoms with van der Waals surface area (Å²) in [6.45, 7) is 6.62. The summed E-state index contributed by atoms with van der Waals surface area (Å²) in [7, 11) is 0. The lowest BCUT2D eigenvalue weighted by molar-refractivity contribution is 0.590. The van der Waals surface area contributed by atoms with Gasteiger partial charge in [-0.05, 0) is 16.5 Å². The van der Waals surface area contributed by atoms with Gasteiger partial charge in [-0.25, -0.2) is 4.98 Å². The highest BCUT2D eigenvalue weighted by atomic mass is 14.9. The van der Waals surface area contributed by atoms with E-state index in [2.05, 4.69) is 61.1 Å². The first-order chi connectivity index (χ1) is 9.00. The molecule has 19 heavy (non-hydrogen) atoms. The highest BCUT2D eigenvalue weighted by Gasteiger charge is 2.13. The first-order valence-corrected chi connectivity index (χ1v) is 6.52. The minimum atomic E-state index is 0.171. The van der Waals surface area contributed by atoms with Crippen LogP contribution in [0.4, 0.5) is 0 Å². The van der Waals surface area contributed by atoms with Gasteiger partial charge in [-0.3, -0.25) is 0 Å². The van der Waals surface area contributed by atoms with E-state index < -0.39 is 0 Å². The summed E-state index contributed by atoms with van der Waals surface area (Å²) in [5.74, 6) is 0.872. The van der Waals surface area contributed by atoms with Gasteiger partial charge >= 0.3 is 0 Å². The SMILES string of the molecule is CC(C)(C)c1ccc(-c2cnc(CCC#N)[nH]2)cc1. The Balaban J connectivity index is 2.18. The third kappa shape index (κ3) is 3.23. The molecule has 1 heterocycles. The van der Waals surface area contributed by atoms with Gasteiger partial charge in [0.25, 0.3) is 0 Å². The molecule has 2 aromatic rings. The Morgan fingerprint density at radius 1 is 1.21 bits per heavy atom. The summed E-state index contributed by atoms with van der Waals surface area (Å²) in [4.78, 5) is 7.55. The van der Waals surface area contributed by atoms with E-state index in [1.54, 1.807) is 0 Å². The van der Waals surface area contributed by atoms with E-state index in [1.165, 1.54) is 5.56 Å². The summed E-state index contributed by atoms with van der Waals surface area (Å²) in [5.41, 5.74) is 3.63. The van der Waals surface area contributed by atoms with Crippen molar-refractivity contribution in [2.45, 2.75) is 39.0 Å². The zero-order chi connectivity index (χ0) is 13.9. The lowest BCUT2D eigenvalue weighted by Gasteiger charge is -2.18. The monoisotopic (exact) mass is 253 g/mol. The summed E-state index contributed by atoms with van der Waals surface area (Å²) >= 11 is 0. The van der Waals surface area contributed by atoms with Crippen molar-refractivity contribution in [3.8, 4) is 17.3 Å². The number of H-pyrrole nitrogens is 1. The molecule has 1 aromatic carbocycles. The van der Waals surface area contributed by atoms with Gasteiger partial charge in [0.2, 0.25) is 0 Å². The molecule has 98 valence electrons.